The maximum atomic E-state index is 12.8. The third-order valence-electron chi connectivity index (χ3n) is 3.09. The van der Waals surface area contributed by atoms with Crippen LogP contribution in [0.2, 0.25) is 0 Å². The Hall–Kier alpha value is -1.11. The zero-order valence-electron chi connectivity index (χ0n) is 11.8. The number of aromatic nitrogens is 1. The molecule has 0 saturated heterocycles. The molecule has 0 aliphatic rings. The monoisotopic (exact) mass is 370 g/mol. The van der Waals surface area contributed by atoms with E-state index in [9.17, 15) is 9.18 Å². The zero-order chi connectivity index (χ0) is 15.4. The van der Waals surface area contributed by atoms with Gasteiger partial charge >= 0.3 is 0 Å². The van der Waals surface area contributed by atoms with Crippen molar-refractivity contribution in [1.29, 1.82) is 0 Å². The number of Topliss-reactive ketones (excluding diaryl/α,β-unsaturated/α-hetero) is 1. The molecule has 0 saturated carbocycles. The van der Waals surface area contributed by atoms with Gasteiger partial charge in [-0.25, -0.2) is 4.39 Å². The van der Waals surface area contributed by atoms with Gasteiger partial charge in [0.2, 0.25) is 0 Å². The largest absolute Gasteiger partial charge is 0.301 e. The van der Waals surface area contributed by atoms with Gasteiger partial charge in [-0.3, -0.25) is 9.78 Å². The molecule has 0 aliphatic heterocycles. The summed E-state index contributed by atoms with van der Waals surface area (Å²) in [6, 6.07) is 4.78. The molecule has 0 aliphatic carbocycles. The molecule has 0 fully saturated rings. The van der Waals surface area contributed by atoms with Crippen molar-refractivity contribution in [1.82, 2.24) is 9.88 Å². The number of hydrogen-bond donors (Lipinski definition) is 0. The molecule has 1 unspecified atom stereocenters. The molecule has 112 valence electrons. The first-order chi connectivity index (χ1) is 9.95. The van der Waals surface area contributed by atoms with Crippen LogP contribution in [0.4, 0.5) is 4.39 Å². The third-order valence-corrected chi connectivity index (χ3v) is 4.64. The molecule has 0 bridgehead atoms. The van der Waals surface area contributed by atoms with Crippen molar-refractivity contribution >= 4 is 33.0 Å². The van der Waals surface area contributed by atoms with Crippen LogP contribution in [0.25, 0.3) is 0 Å². The van der Waals surface area contributed by atoms with E-state index in [0.717, 1.165) is 16.5 Å². The van der Waals surface area contributed by atoms with E-state index in [1.807, 2.05) is 14.0 Å². The second kappa shape index (κ2) is 7.24. The lowest BCUT2D eigenvalue weighted by atomic mass is 10.0. The van der Waals surface area contributed by atoms with E-state index in [2.05, 4.69) is 37.3 Å². The maximum absolute atomic E-state index is 12.8. The van der Waals surface area contributed by atoms with Crippen LogP contribution in [0, 0.1) is 11.7 Å². The molecule has 0 aromatic carbocycles. The van der Waals surface area contributed by atoms with Crippen molar-refractivity contribution in [3.63, 3.8) is 0 Å². The Kier molecular flexibility index (Phi) is 5.61. The summed E-state index contributed by atoms with van der Waals surface area (Å²) in [6.45, 7) is 3.29. The van der Waals surface area contributed by atoms with Crippen LogP contribution >= 0.6 is 27.3 Å². The molecule has 0 radical (unpaired) electrons. The summed E-state index contributed by atoms with van der Waals surface area (Å²) >= 11 is 5.09. The molecule has 0 N–H and O–H groups in total. The first kappa shape index (κ1) is 16.3. The van der Waals surface area contributed by atoms with E-state index in [4.69, 9.17) is 0 Å². The number of pyridine rings is 1. The van der Waals surface area contributed by atoms with Crippen molar-refractivity contribution in [3.05, 3.63) is 50.6 Å². The molecule has 0 amide bonds. The Balaban J connectivity index is 1.92. The summed E-state index contributed by atoms with van der Waals surface area (Å²) in [5, 5.41) is 2.09. The van der Waals surface area contributed by atoms with Gasteiger partial charge in [0, 0.05) is 19.0 Å². The van der Waals surface area contributed by atoms with Gasteiger partial charge in [-0.2, -0.15) is 0 Å². The smallest absolute Gasteiger partial charge is 0.185 e. The molecule has 0 spiro atoms. The van der Waals surface area contributed by atoms with Crippen LogP contribution in [0.15, 0.2) is 33.6 Å². The summed E-state index contributed by atoms with van der Waals surface area (Å²) in [6.07, 6.45) is 1.08. The van der Waals surface area contributed by atoms with E-state index in [1.165, 1.54) is 17.7 Å². The SMILES string of the molecule is CC(CN(C)Cc1csc(Br)c1)C(=O)c1ccc(F)cn1. The summed E-state index contributed by atoms with van der Waals surface area (Å²) in [5.74, 6) is -0.678. The third kappa shape index (κ3) is 4.69. The van der Waals surface area contributed by atoms with E-state index < -0.39 is 5.82 Å². The Morgan fingerprint density at radius 1 is 1.52 bits per heavy atom. The van der Waals surface area contributed by atoms with Gasteiger partial charge in [-0.1, -0.05) is 6.92 Å². The zero-order valence-corrected chi connectivity index (χ0v) is 14.2. The first-order valence-corrected chi connectivity index (χ1v) is 8.20. The lowest BCUT2D eigenvalue weighted by molar-refractivity contribution is 0.0896. The van der Waals surface area contributed by atoms with Gasteiger partial charge in [0.15, 0.2) is 5.78 Å². The Morgan fingerprint density at radius 2 is 2.29 bits per heavy atom. The number of hydrogen-bond acceptors (Lipinski definition) is 4. The highest BCUT2D eigenvalue weighted by Gasteiger charge is 2.18. The fourth-order valence-corrected chi connectivity index (χ4v) is 3.33. The highest BCUT2D eigenvalue weighted by atomic mass is 79.9. The lowest BCUT2D eigenvalue weighted by Gasteiger charge is -2.19. The molecule has 3 nitrogen and oxygen atoms in total. The summed E-state index contributed by atoms with van der Waals surface area (Å²) in [7, 11) is 1.98. The number of thiophene rings is 1. The fourth-order valence-electron chi connectivity index (χ4n) is 2.13. The number of ketones is 1. The van der Waals surface area contributed by atoms with Gasteiger partial charge in [-0.15, -0.1) is 11.3 Å². The molecular formula is C15H16BrFN2OS. The van der Waals surface area contributed by atoms with Gasteiger partial charge in [-0.05, 0) is 52.1 Å². The Bertz CT molecular complexity index is 614. The van der Waals surface area contributed by atoms with E-state index in [1.54, 1.807) is 11.3 Å². The van der Waals surface area contributed by atoms with E-state index >= 15 is 0 Å². The normalized spacial score (nSPS) is 12.6. The average Bonchev–Trinajstić information content (AvgIpc) is 2.83. The fraction of sp³-hybridized carbons (Fsp3) is 0.333. The lowest BCUT2D eigenvalue weighted by Crippen LogP contribution is -2.28. The first-order valence-electron chi connectivity index (χ1n) is 6.53. The highest BCUT2D eigenvalue weighted by Crippen LogP contribution is 2.21. The predicted octanol–water partition coefficient (Wildman–Crippen LogP) is 4.00. The topological polar surface area (TPSA) is 33.2 Å². The average molecular weight is 371 g/mol. The standard InChI is InChI=1S/C15H16BrFN2OS/c1-10(15(20)13-4-3-12(17)6-18-13)7-19(2)8-11-5-14(16)21-9-11/h3-6,9-10H,7-8H2,1-2H3. The van der Waals surface area contributed by atoms with E-state index in [0.29, 0.717) is 12.2 Å². The maximum Gasteiger partial charge on any atom is 0.185 e. The minimum absolute atomic E-state index is 0.0617. The van der Waals surface area contributed by atoms with Gasteiger partial charge in [0.05, 0.1) is 9.98 Å². The number of rotatable bonds is 6. The van der Waals surface area contributed by atoms with Crippen molar-refractivity contribution in [3.8, 4) is 0 Å². The van der Waals surface area contributed by atoms with Crippen molar-refractivity contribution in [2.75, 3.05) is 13.6 Å². The summed E-state index contributed by atoms with van der Waals surface area (Å²) in [4.78, 5) is 18.2. The van der Waals surface area contributed by atoms with Crippen LogP contribution in [-0.2, 0) is 6.54 Å². The summed E-state index contributed by atoms with van der Waals surface area (Å²) in [5.41, 5.74) is 1.53. The quantitative estimate of drug-likeness (QED) is 0.720. The minimum Gasteiger partial charge on any atom is -0.301 e. The highest BCUT2D eigenvalue weighted by molar-refractivity contribution is 9.11. The van der Waals surface area contributed by atoms with Crippen LogP contribution in [0.1, 0.15) is 23.0 Å². The van der Waals surface area contributed by atoms with E-state index in [-0.39, 0.29) is 11.7 Å². The van der Waals surface area contributed by atoms with Crippen LogP contribution in [-0.4, -0.2) is 29.3 Å². The molecular weight excluding hydrogens is 355 g/mol. The summed E-state index contributed by atoms with van der Waals surface area (Å²) < 4.78 is 13.9. The van der Waals surface area contributed by atoms with Crippen molar-refractivity contribution in [2.24, 2.45) is 5.92 Å². The van der Waals surface area contributed by atoms with Crippen LogP contribution in [0.3, 0.4) is 0 Å². The second-order valence-corrected chi connectivity index (χ2v) is 7.37. The second-order valence-electron chi connectivity index (χ2n) is 5.08. The Labute approximate surface area is 135 Å². The number of nitrogens with zero attached hydrogens (tertiary/aromatic N) is 2. The molecule has 2 aromatic rings. The predicted molar refractivity (Wildman–Crippen MR) is 86.0 cm³/mol. The minimum atomic E-state index is -0.431. The van der Waals surface area contributed by atoms with Crippen molar-refractivity contribution < 1.29 is 9.18 Å². The van der Waals surface area contributed by atoms with Crippen LogP contribution < -0.4 is 0 Å². The molecule has 6 heteroatoms. The van der Waals surface area contributed by atoms with Gasteiger partial charge in [0.1, 0.15) is 11.5 Å². The van der Waals surface area contributed by atoms with Gasteiger partial charge < -0.3 is 4.90 Å². The molecule has 2 aromatic heterocycles. The number of carbonyl (C=O) groups excluding carboxylic acids is 1. The molecule has 2 rings (SSSR count). The number of carbonyl (C=O) groups is 1. The number of halogens is 2. The molecule has 2 heterocycles. The molecule has 1 atom stereocenters. The molecule has 21 heavy (non-hydrogen) atoms. The van der Waals surface area contributed by atoms with Crippen molar-refractivity contribution in [2.45, 2.75) is 13.5 Å². The van der Waals surface area contributed by atoms with Crippen LogP contribution in [0.5, 0.6) is 0 Å². The Morgan fingerprint density at radius 3 is 2.86 bits per heavy atom. The van der Waals surface area contributed by atoms with Gasteiger partial charge in [0.25, 0.3) is 0 Å².